The number of nitrogens with one attached hydrogen (secondary N) is 1. The number of carbonyl (C=O) groups excluding carboxylic acids is 1. The third kappa shape index (κ3) is 4.38. The van der Waals surface area contributed by atoms with Gasteiger partial charge in [0.25, 0.3) is 5.91 Å². The fourth-order valence-corrected chi connectivity index (χ4v) is 5.76. The number of aromatic nitrogens is 1. The molecule has 3 aromatic rings. The number of benzene rings is 2. The maximum Gasteiger partial charge on any atom is 0.283 e. The molecule has 1 N–H and O–H groups in total. The molecule has 2 aliphatic rings. The predicted octanol–water partition coefficient (Wildman–Crippen LogP) is 5.66. The van der Waals surface area contributed by atoms with Crippen LogP contribution in [-0.2, 0) is 17.1 Å². The molecule has 1 aromatic heterocycles. The van der Waals surface area contributed by atoms with Crippen LogP contribution < -0.4 is 0 Å². The second-order valence-electron chi connectivity index (χ2n) is 8.08. The van der Waals surface area contributed by atoms with E-state index < -0.39 is 5.91 Å². The summed E-state index contributed by atoms with van der Waals surface area (Å²) in [5.74, 6) is 0.443. The topological polar surface area (TPSA) is 73.8 Å². The molecular formula is C26H23N5OS2. The van der Waals surface area contributed by atoms with Gasteiger partial charge in [-0.2, -0.15) is 9.39 Å². The number of fused-ring (bicyclic) bond motifs is 1. The van der Waals surface area contributed by atoms with Crippen LogP contribution in [0, 0.1) is 19.3 Å². The summed E-state index contributed by atoms with van der Waals surface area (Å²) in [7, 11) is 0. The molecule has 5 rings (SSSR count). The van der Waals surface area contributed by atoms with Gasteiger partial charge in [-0.3, -0.25) is 10.2 Å². The van der Waals surface area contributed by atoms with E-state index in [1.165, 1.54) is 22.9 Å². The molecule has 6 nitrogen and oxygen atoms in total. The Balaban J connectivity index is 1.40. The van der Waals surface area contributed by atoms with Gasteiger partial charge in [0.2, 0.25) is 5.17 Å². The van der Waals surface area contributed by atoms with Crippen LogP contribution >= 0.6 is 23.7 Å². The van der Waals surface area contributed by atoms with E-state index in [1.807, 2.05) is 43.3 Å². The number of aryl methyl sites for hydroxylation is 1. The molecule has 0 aliphatic carbocycles. The largest absolute Gasteiger partial charge is 0.344 e. The van der Waals surface area contributed by atoms with Crippen LogP contribution in [0.2, 0.25) is 0 Å². The lowest BCUT2D eigenvalue weighted by Crippen LogP contribution is -2.41. The molecule has 0 unspecified atom stereocenters. The summed E-state index contributed by atoms with van der Waals surface area (Å²) in [6.45, 7) is 4.86. The van der Waals surface area contributed by atoms with Gasteiger partial charge in [-0.15, -0.1) is 0 Å². The van der Waals surface area contributed by atoms with Gasteiger partial charge in [-0.25, -0.2) is 4.90 Å². The lowest BCUT2D eigenvalue weighted by atomic mass is 10.1. The van der Waals surface area contributed by atoms with Crippen molar-refractivity contribution in [2.45, 2.75) is 26.1 Å². The molecule has 0 fully saturated rings. The van der Waals surface area contributed by atoms with Gasteiger partial charge < -0.3 is 4.57 Å². The van der Waals surface area contributed by atoms with Gasteiger partial charge in [0.15, 0.2) is 5.17 Å². The highest BCUT2D eigenvalue weighted by atomic mass is 32.2. The van der Waals surface area contributed by atoms with Crippen molar-refractivity contribution in [2.24, 2.45) is 9.39 Å². The molecule has 34 heavy (non-hydrogen) atoms. The molecule has 170 valence electrons. The Bertz CT molecular complexity index is 1360. The number of amides is 1. The smallest absolute Gasteiger partial charge is 0.283 e. The Hall–Kier alpha value is -3.36. The zero-order chi connectivity index (χ0) is 23.7. The summed E-state index contributed by atoms with van der Waals surface area (Å²) in [6, 6.07) is 22.5. The van der Waals surface area contributed by atoms with E-state index in [-0.39, 0.29) is 11.4 Å². The van der Waals surface area contributed by atoms with Crippen LogP contribution in [-0.4, -0.2) is 31.5 Å². The Morgan fingerprint density at radius 2 is 1.71 bits per heavy atom. The molecule has 0 atom stereocenters. The summed E-state index contributed by atoms with van der Waals surface area (Å²) >= 11 is 2.68. The van der Waals surface area contributed by atoms with E-state index in [4.69, 9.17) is 5.41 Å². The van der Waals surface area contributed by atoms with Crippen LogP contribution in [0.3, 0.4) is 0 Å². The highest BCUT2D eigenvalue weighted by molar-refractivity contribution is 8.18. The van der Waals surface area contributed by atoms with Crippen molar-refractivity contribution in [1.82, 2.24) is 9.47 Å². The molecule has 3 heterocycles. The maximum absolute atomic E-state index is 12.8. The van der Waals surface area contributed by atoms with Gasteiger partial charge in [0, 0.05) is 23.7 Å². The van der Waals surface area contributed by atoms with Crippen molar-refractivity contribution in [3.05, 3.63) is 100 Å². The second kappa shape index (κ2) is 9.48. The van der Waals surface area contributed by atoms with Gasteiger partial charge in [-0.05, 0) is 42.7 Å². The van der Waals surface area contributed by atoms with Crippen molar-refractivity contribution in [3.8, 4) is 0 Å². The zero-order valence-corrected chi connectivity index (χ0v) is 20.5. The third-order valence-electron chi connectivity index (χ3n) is 5.80. The molecule has 2 aliphatic heterocycles. The number of amidine groups is 3. The van der Waals surface area contributed by atoms with E-state index >= 15 is 0 Å². The number of carbonyl (C=O) groups is 1. The lowest BCUT2D eigenvalue weighted by molar-refractivity contribution is -0.114. The van der Waals surface area contributed by atoms with Crippen molar-refractivity contribution >= 4 is 51.9 Å². The van der Waals surface area contributed by atoms with Crippen LogP contribution in [0.15, 0.2) is 81.7 Å². The third-order valence-corrected chi connectivity index (χ3v) is 7.63. The standard InChI is InChI=1S/C26H23N5OS2/c1-17-13-21(18(2)30(17)15-19-9-5-3-6-10-19)14-22-23(27)31-25(28-24(22)32)34-29-26(31)33-16-20-11-7-4-8-12-20/h3-14,27H,15-16H2,1-2H3. The SMILES string of the molecule is Cc1cc(C=C2C(=N)N3C(SCc4ccccc4)=NSC3=NC2=O)c(C)n1Cc1ccccc1. The number of nitrogens with zero attached hydrogens (tertiary/aromatic N) is 4. The first-order valence-electron chi connectivity index (χ1n) is 10.9. The van der Waals surface area contributed by atoms with Crippen LogP contribution in [0.5, 0.6) is 0 Å². The summed E-state index contributed by atoms with van der Waals surface area (Å²) in [6.07, 6.45) is 1.79. The van der Waals surface area contributed by atoms with Crippen LogP contribution in [0.25, 0.3) is 6.08 Å². The van der Waals surface area contributed by atoms with E-state index in [1.54, 1.807) is 11.0 Å². The van der Waals surface area contributed by atoms with Crippen molar-refractivity contribution in [1.29, 1.82) is 5.41 Å². The zero-order valence-electron chi connectivity index (χ0n) is 18.9. The first kappa shape index (κ1) is 22.4. The summed E-state index contributed by atoms with van der Waals surface area (Å²) in [4.78, 5) is 18.7. The Morgan fingerprint density at radius 3 is 2.41 bits per heavy atom. The first-order chi connectivity index (χ1) is 16.5. The molecule has 0 saturated heterocycles. The first-order valence-corrected chi connectivity index (χ1v) is 12.6. The van der Waals surface area contributed by atoms with Crippen molar-refractivity contribution in [3.63, 3.8) is 0 Å². The van der Waals surface area contributed by atoms with Gasteiger partial charge in [-0.1, -0.05) is 72.4 Å². The Labute approximate surface area is 207 Å². The van der Waals surface area contributed by atoms with E-state index in [2.05, 4.69) is 51.2 Å². The number of hydrogen-bond donors (Lipinski definition) is 1. The molecule has 2 aromatic carbocycles. The Kier molecular flexibility index (Phi) is 6.26. The monoisotopic (exact) mass is 485 g/mol. The second-order valence-corrected chi connectivity index (χ2v) is 9.75. The molecular weight excluding hydrogens is 462 g/mol. The summed E-state index contributed by atoms with van der Waals surface area (Å²) in [5.41, 5.74) is 5.73. The van der Waals surface area contributed by atoms with Crippen molar-refractivity contribution in [2.75, 3.05) is 0 Å². The minimum atomic E-state index is -0.402. The average Bonchev–Trinajstić information content (AvgIpc) is 3.37. The fourth-order valence-electron chi connectivity index (χ4n) is 3.96. The minimum absolute atomic E-state index is 0.118. The average molecular weight is 486 g/mol. The van der Waals surface area contributed by atoms with E-state index in [9.17, 15) is 4.79 Å². The van der Waals surface area contributed by atoms with Crippen molar-refractivity contribution < 1.29 is 4.79 Å². The minimum Gasteiger partial charge on any atom is -0.344 e. The number of thioether (sulfide) groups is 1. The molecule has 8 heteroatoms. The lowest BCUT2D eigenvalue weighted by Gasteiger charge is -2.24. The molecule has 0 bridgehead atoms. The normalized spacial score (nSPS) is 16.6. The van der Waals surface area contributed by atoms with Gasteiger partial charge >= 0.3 is 0 Å². The Morgan fingerprint density at radius 1 is 1.03 bits per heavy atom. The van der Waals surface area contributed by atoms with E-state index in [0.717, 1.165) is 41.2 Å². The van der Waals surface area contributed by atoms with Crippen LogP contribution in [0.1, 0.15) is 28.1 Å². The maximum atomic E-state index is 12.8. The van der Waals surface area contributed by atoms with Crippen LogP contribution in [0.4, 0.5) is 0 Å². The summed E-state index contributed by atoms with van der Waals surface area (Å²) in [5, 5.41) is 9.93. The molecule has 0 radical (unpaired) electrons. The molecule has 1 amide bonds. The molecule has 0 saturated carbocycles. The number of aliphatic imine (C=N–C) groups is 1. The number of rotatable bonds is 5. The quantitative estimate of drug-likeness (QED) is 0.374. The predicted molar refractivity (Wildman–Crippen MR) is 142 cm³/mol. The highest BCUT2D eigenvalue weighted by Crippen LogP contribution is 2.33. The highest BCUT2D eigenvalue weighted by Gasteiger charge is 2.37. The van der Waals surface area contributed by atoms with Gasteiger partial charge in [0.05, 0.1) is 17.5 Å². The van der Waals surface area contributed by atoms with E-state index in [0.29, 0.717) is 10.3 Å². The van der Waals surface area contributed by atoms with Gasteiger partial charge in [0.1, 0.15) is 5.84 Å². The molecule has 0 spiro atoms. The summed E-state index contributed by atoms with van der Waals surface area (Å²) < 4.78 is 6.70. The number of hydrogen-bond acceptors (Lipinski definition) is 5. The fraction of sp³-hybridized carbons (Fsp3) is 0.154.